The topological polar surface area (TPSA) is 106 Å². The second-order valence-corrected chi connectivity index (χ2v) is 9.44. The van der Waals surface area contributed by atoms with Gasteiger partial charge in [0.2, 0.25) is 0 Å². The summed E-state index contributed by atoms with van der Waals surface area (Å²) in [6.45, 7) is 6.73. The summed E-state index contributed by atoms with van der Waals surface area (Å²) in [5.74, 6) is -1.37. The molecule has 8 nitrogen and oxygen atoms in total. The third-order valence-electron chi connectivity index (χ3n) is 6.13. The number of nitrogens with zero attached hydrogens (tertiary/aromatic N) is 1. The fraction of sp³-hybridized carbons (Fsp3) is 0.407. The quantitative estimate of drug-likeness (QED) is 0.251. The van der Waals surface area contributed by atoms with Crippen LogP contribution in [-0.2, 0) is 19.7 Å². The Bertz CT molecular complexity index is 1150. The van der Waals surface area contributed by atoms with E-state index in [1.165, 1.54) is 25.2 Å². The molecule has 8 heteroatoms. The lowest BCUT2D eigenvalue weighted by molar-refractivity contribution is -0.140. The average Bonchev–Trinajstić information content (AvgIpc) is 3.07. The van der Waals surface area contributed by atoms with E-state index in [4.69, 9.17) is 14.2 Å². The molecule has 0 radical (unpaired) electrons. The summed E-state index contributed by atoms with van der Waals surface area (Å²) < 4.78 is 15.7. The molecule has 0 saturated carbocycles. The van der Waals surface area contributed by atoms with Crippen molar-refractivity contribution >= 4 is 17.4 Å². The lowest BCUT2D eigenvalue weighted by Gasteiger charge is -2.26. The summed E-state index contributed by atoms with van der Waals surface area (Å²) in [7, 11) is 4.47. The van der Waals surface area contributed by atoms with Crippen LogP contribution >= 0.6 is 0 Å². The first-order chi connectivity index (χ1) is 16.5. The van der Waals surface area contributed by atoms with Gasteiger partial charge in [0.1, 0.15) is 11.5 Å². The highest BCUT2D eigenvalue weighted by molar-refractivity contribution is 6.46. The highest BCUT2D eigenvalue weighted by Gasteiger charge is 2.46. The number of ketones is 1. The number of amides is 1. The van der Waals surface area contributed by atoms with Crippen LogP contribution < -0.4 is 9.47 Å². The van der Waals surface area contributed by atoms with Crippen molar-refractivity contribution in [2.75, 3.05) is 34.5 Å². The number of aliphatic hydroxyl groups excluding tert-OH is 1. The monoisotopic (exact) mass is 483 g/mol. The molecule has 1 saturated heterocycles. The molecule has 188 valence electrons. The van der Waals surface area contributed by atoms with E-state index >= 15 is 0 Å². The fourth-order valence-electron chi connectivity index (χ4n) is 4.22. The van der Waals surface area contributed by atoms with Crippen LogP contribution in [0, 0.1) is 0 Å². The molecule has 35 heavy (non-hydrogen) atoms. The maximum Gasteiger partial charge on any atom is 0.295 e. The Morgan fingerprint density at radius 1 is 1.00 bits per heavy atom. The summed E-state index contributed by atoms with van der Waals surface area (Å²) in [4.78, 5) is 27.8. The number of rotatable bonds is 8. The van der Waals surface area contributed by atoms with Crippen LogP contribution in [0.25, 0.3) is 5.76 Å². The number of carbonyl (C=O) groups is 2. The number of aliphatic hydroxyl groups is 1. The number of aromatic hydroxyl groups is 1. The van der Waals surface area contributed by atoms with Gasteiger partial charge in [-0.15, -0.1) is 0 Å². The number of carbonyl (C=O) groups excluding carboxylic acids is 2. The van der Waals surface area contributed by atoms with Gasteiger partial charge >= 0.3 is 0 Å². The van der Waals surface area contributed by atoms with Gasteiger partial charge < -0.3 is 29.3 Å². The zero-order valence-corrected chi connectivity index (χ0v) is 21.0. The molecular formula is C27H33NO7. The first-order valence-corrected chi connectivity index (χ1v) is 11.4. The number of ether oxygens (including phenoxy) is 3. The molecule has 1 fully saturated rings. The van der Waals surface area contributed by atoms with Gasteiger partial charge in [0, 0.05) is 20.3 Å². The van der Waals surface area contributed by atoms with Crippen molar-refractivity contribution in [3.63, 3.8) is 0 Å². The van der Waals surface area contributed by atoms with Crippen molar-refractivity contribution in [3.8, 4) is 17.2 Å². The van der Waals surface area contributed by atoms with E-state index in [1.54, 1.807) is 31.4 Å². The molecule has 0 aromatic heterocycles. The highest BCUT2D eigenvalue weighted by Crippen LogP contribution is 2.43. The SMILES string of the molecule is COCCCN1C(=O)C(=O)/C(=C(/O)c2cc(C(C)(C)C)ccc2OC)C1c1ccc(OC)c(O)c1. The molecule has 1 aliphatic rings. The largest absolute Gasteiger partial charge is 0.507 e. The number of phenols is 1. The Kier molecular flexibility index (Phi) is 7.75. The number of methoxy groups -OCH3 is 3. The molecule has 1 unspecified atom stereocenters. The lowest BCUT2D eigenvalue weighted by Crippen LogP contribution is -2.31. The molecule has 1 atom stereocenters. The molecule has 1 amide bonds. The minimum absolute atomic E-state index is 0.0682. The van der Waals surface area contributed by atoms with Crippen LogP contribution in [0.2, 0.25) is 0 Å². The Balaban J connectivity index is 2.25. The van der Waals surface area contributed by atoms with Crippen molar-refractivity contribution in [1.82, 2.24) is 4.90 Å². The zero-order valence-electron chi connectivity index (χ0n) is 21.0. The summed E-state index contributed by atoms with van der Waals surface area (Å²) in [5, 5.41) is 21.9. The molecule has 1 aliphatic heterocycles. The molecule has 0 aliphatic carbocycles. The van der Waals surface area contributed by atoms with Crippen molar-refractivity contribution in [2.45, 2.75) is 38.6 Å². The minimum Gasteiger partial charge on any atom is -0.507 e. The van der Waals surface area contributed by atoms with Gasteiger partial charge in [0.25, 0.3) is 11.7 Å². The predicted molar refractivity (Wildman–Crippen MR) is 132 cm³/mol. The average molecular weight is 484 g/mol. The third kappa shape index (κ3) is 5.12. The number of phenolic OH excluding ortho intramolecular Hbond substituents is 1. The predicted octanol–water partition coefficient (Wildman–Crippen LogP) is 4.17. The zero-order chi connectivity index (χ0) is 25.9. The first kappa shape index (κ1) is 26.1. The Hall–Kier alpha value is -3.52. The van der Waals surface area contributed by atoms with Crippen molar-refractivity contribution in [2.24, 2.45) is 0 Å². The fourth-order valence-corrected chi connectivity index (χ4v) is 4.22. The normalized spacial score (nSPS) is 17.7. The summed E-state index contributed by atoms with van der Waals surface area (Å²) >= 11 is 0. The van der Waals surface area contributed by atoms with Crippen molar-refractivity contribution in [3.05, 3.63) is 58.7 Å². The number of hydrogen-bond donors (Lipinski definition) is 2. The van der Waals surface area contributed by atoms with E-state index < -0.39 is 17.7 Å². The van der Waals surface area contributed by atoms with E-state index in [-0.39, 0.29) is 34.8 Å². The smallest absolute Gasteiger partial charge is 0.295 e. The van der Waals surface area contributed by atoms with Gasteiger partial charge in [-0.05, 0) is 47.2 Å². The van der Waals surface area contributed by atoms with E-state index in [9.17, 15) is 19.8 Å². The molecule has 2 aromatic rings. The maximum absolute atomic E-state index is 13.3. The molecule has 0 bridgehead atoms. The third-order valence-corrected chi connectivity index (χ3v) is 6.13. The second kappa shape index (κ2) is 10.4. The molecule has 2 N–H and O–H groups in total. The van der Waals surface area contributed by atoms with E-state index in [0.717, 1.165) is 5.56 Å². The van der Waals surface area contributed by atoms with E-state index in [0.29, 0.717) is 29.9 Å². The molecule has 1 heterocycles. The summed E-state index contributed by atoms with van der Waals surface area (Å²) in [6, 6.07) is 9.15. The van der Waals surface area contributed by atoms with Crippen LogP contribution in [0.5, 0.6) is 17.2 Å². The first-order valence-electron chi connectivity index (χ1n) is 11.4. The van der Waals surface area contributed by atoms with Crippen LogP contribution in [-0.4, -0.2) is 61.3 Å². The number of benzene rings is 2. The van der Waals surface area contributed by atoms with Crippen LogP contribution in [0.4, 0.5) is 0 Å². The molecule has 3 rings (SSSR count). The van der Waals surface area contributed by atoms with Gasteiger partial charge in [0.05, 0.1) is 31.4 Å². The molecular weight excluding hydrogens is 450 g/mol. The van der Waals surface area contributed by atoms with E-state index in [2.05, 4.69) is 0 Å². The van der Waals surface area contributed by atoms with Gasteiger partial charge in [0.15, 0.2) is 11.5 Å². The minimum atomic E-state index is -0.910. The van der Waals surface area contributed by atoms with Gasteiger partial charge in [-0.3, -0.25) is 9.59 Å². The lowest BCUT2D eigenvalue weighted by atomic mass is 9.85. The Morgan fingerprint density at radius 3 is 2.23 bits per heavy atom. The van der Waals surface area contributed by atoms with Gasteiger partial charge in [-0.25, -0.2) is 0 Å². The number of Topliss-reactive ketones (excluding diaryl/α,β-unsaturated/α-hetero) is 1. The maximum atomic E-state index is 13.3. The number of likely N-dealkylation sites (tertiary alicyclic amines) is 1. The molecule has 0 spiro atoms. The summed E-state index contributed by atoms with van der Waals surface area (Å²) in [6.07, 6.45) is 0.491. The van der Waals surface area contributed by atoms with E-state index in [1.807, 2.05) is 26.8 Å². The highest BCUT2D eigenvalue weighted by atomic mass is 16.5. The summed E-state index contributed by atoms with van der Waals surface area (Å²) in [5.41, 5.74) is 1.41. The van der Waals surface area contributed by atoms with Gasteiger partial charge in [-0.2, -0.15) is 0 Å². The number of hydrogen-bond acceptors (Lipinski definition) is 7. The second-order valence-electron chi connectivity index (χ2n) is 9.44. The Labute approximate surface area is 205 Å². The van der Waals surface area contributed by atoms with Crippen LogP contribution in [0.3, 0.4) is 0 Å². The standard InChI is InChI=1S/C27H33NO7/c1-27(2,3)17-9-11-20(34-5)18(15-17)24(30)22-23(16-8-10-21(35-6)19(29)14-16)28(12-7-13-33-4)26(32)25(22)31/h8-11,14-15,23,29-30H,7,12-13H2,1-6H3/b24-22+. The van der Waals surface area contributed by atoms with Crippen LogP contribution in [0.15, 0.2) is 42.0 Å². The Morgan fingerprint density at radius 2 is 1.66 bits per heavy atom. The van der Waals surface area contributed by atoms with Crippen molar-refractivity contribution in [1.29, 1.82) is 0 Å². The van der Waals surface area contributed by atoms with Crippen molar-refractivity contribution < 1.29 is 34.0 Å². The molecule has 2 aromatic carbocycles. The van der Waals surface area contributed by atoms with Gasteiger partial charge in [-0.1, -0.05) is 32.9 Å². The van der Waals surface area contributed by atoms with Crippen LogP contribution in [0.1, 0.15) is 49.9 Å².